The number of anilines is 2. The minimum absolute atomic E-state index is 0. The van der Waals surface area contributed by atoms with E-state index in [2.05, 4.69) is 53.5 Å². The molecule has 5 N–H and O–H groups in total. The number of unbranched alkanes of at least 4 members (excludes halogenated alkanes) is 4. The molecule has 0 saturated carbocycles. The third-order valence-electron chi connectivity index (χ3n) is 7.07. The second-order valence-electron chi connectivity index (χ2n) is 14.0. The van der Waals surface area contributed by atoms with Crippen molar-refractivity contribution in [3.63, 3.8) is 0 Å². The maximum Gasteiger partial charge on any atom is 0.224 e. The summed E-state index contributed by atoms with van der Waals surface area (Å²) in [5, 5.41) is 5.83. The molecule has 296 valence electrons. The molecule has 0 aliphatic heterocycles. The number of aryl methyl sites for hydroxylation is 2. The highest BCUT2D eigenvalue weighted by Crippen LogP contribution is 2.15. The molecule has 0 heterocycles. The quantitative estimate of drug-likeness (QED) is 0.0885. The highest BCUT2D eigenvalue weighted by atomic mass is 35.7. The Bertz CT molecular complexity index is 1230. The Kier molecular flexibility index (Phi) is 31.7. The van der Waals surface area contributed by atoms with Gasteiger partial charge in [0.2, 0.25) is 11.8 Å². The number of rotatable bonds is 18. The van der Waals surface area contributed by atoms with Crippen molar-refractivity contribution in [1.29, 1.82) is 0 Å². The fourth-order valence-corrected chi connectivity index (χ4v) is 4.70. The van der Waals surface area contributed by atoms with Crippen LogP contribution in [0.25, 0.3) is 0 Å². The molecule has 0 aliphatic rings. The van der Waals surface area contributed by atoms with Crippen molar-refractivity contribution in [2.75, 3.05) is 23.7 Å². The number of amides is 2. The second kappa shape index (κ2) is 30.4. The average molecular weight is 774 g/mol. The number of carbonyl (C=O) groups is 2. The van der Waals surface area contributed by atoms with E-state index < -0.39 is 21.0 Å². The van der Waals surface area contributed by atoms with Crippen molar-refractivity contribution >= 4 is 54.9 Å². The molecule has 0 fully saturated rings. The molecule has 0 spiro atoms. The zero-order valence-corrected chi connectivity index (χ0v) is 33.8. The van der Waals surface area contributed by atoms with Crippen LogP contribution in [0.1, 0.15) is 146 Å². The lowest BCUT2D eigenvalue weighted by Gasteiger charge is -2.17. The summed E-state index contributed by atoms with van der Waals surface area (Å²) in [6.07, 6.45) is 11.4. The number of hydrogen-bond donors (Lipinski definition) is 4. The van der Waals surface area contributed by atoms with Gasteiger partial charge in [0.25, 0.3) is 0 Å². The van der Waals surface area contributed by atoms with E-state index in [1.165, 1.54) is 36.8 Å². The van der Waals surface area contributed by atoms with E-state index in [4.69, 9.17) is 16.4 Å². The van der Waals surface area contributed by atoms with Crippen LogP contribution in [0, 0.1) is 0 Å². The van der Waals surface area contributed by atoms with Gasteiger partial charge in [0, 0.05) is 30.8 Å². The van der Waals surface area contributed by atoms with Crippen LogP contribution in [0.5, 0.6) is 0 Å². The zero-order valence-electron chi connectivity index (χ0n) is 31.4. The average Bonchev–Trinajstić information content (AvgIpc) is 3.03. The summed E-state index contributed by atoms with van der Waals surface area (Å²) in [5.41, 5.74) is 9.77. The Balaban J connectivity index is -0.000000754. The third kappa shape index (κ3) is 29.1. The molecule has 8 nitrogen and oxygen atoms in total. The Morgan fingerprint density at radius 3 is 1.33 bits per heavy atom. The first-order chi connectivity index (χ1) is 23.0. The van der Waals surface area contributed by atoms with Gasteiger partial charge in [0.15, 0.2) is 0 Å². The van der Waals surface area contributed by atoms with Crippen LogP contribution in [0.2, 0.25) is 0 Å². The van der Waals surface area contributed by atoms with E-state index in [1.807, 2.05) is 65.8 Å². The number of nitrogens with one attached hydrogen (secondary N) is 3. The number of carbonyl (C=O) groups excluding carboxylic acids is 2. The molecule has 51 heavy (non-hydrogen) atoms. The SMILES string of the molecule is C.C.CC(C)(C)S(=O)Cl.CCCCc1ccc(NC(=O)CCCCN)cc1.CCCCc1ccc(NC(=O)CCCCNS(=O)C(C)(C)C)cc1. The molecule has 0 radical (unpaired) electrons. The lowest BCUT2D eigenvalue weighted by Crippen LogP contribution is -2.33. The van der Waals surface area contributed by atoms with E-state index >= 15 is 0 Å². The van der Waals surface area contributed by atoms with Crippen LogP contribution in [0.3, 0.4) is 0 Å². The van der Waals surface area contributed by atoms with Crippen LogP contribution < -0.4 is 21.1 Å². The Labute approximate surface area is 322 Å². The van der Waals surface area contributed by atoms with Crippen LogP contribution in [-0.4, -0.2) is 42.8 Å². The monoisotopic (exact) mass is 772 g/mol. The van der Waals surface area contributed by atoms with Gasteiger partial charge in [-0.3, -0.25) is 9.59 Å². The highest BCUT2D eigenvalue weighted by Gasteiger charge is 2.18. The summed E-state index contributed by atoms with van der Waals surface area (Å²) in [6.45, 7) is 17.0. The van der Waals surface area contributed by atoms with Crippen molar-refractivity contribution in [2.45, 2.75) is 157 Å². The molecule has 0 aliphatic carbocycles. The molecule has 2 atom stereocenters. The third-order valence-corrected chi connectivity index (χ3v) is 11.0. The maximum absolute atomic E-state index is 11.9. The molecule has 2 aromatic rings. The summed E-state index contributed by atoms with van der Waals surface area (Å²) < 4.78 is 24.7. The van der Waals surface area contributed by atoms with Gasteiger partial charge < -0.3 is 16.4 Å². The molecule has 11 heteroatoms. The van der Waals surface area contributed by atoms with Crippen LogP contribution in [-0.2, 0) is 43.4 Å². The fraction of sp³-hybridized carbons (Fsp3) is 0.650. The summed E-state index contributed by atoms with van der Waals surface area (Å²) >= 11 is 0. The Morgan fingerprint density at radius 2 is 1.02 bits per heavy atom. The molecule has 2 amide bonds. The number of nitrogens with two attached hydrogens (primary N) is 1. The van der Waals surface area contributed by atoms with Crippen molar-refractivity contribution in [2.24, 2.45) is 5.73 Å². The smallest absolute Gasteiger partial charge is 0.224 e. The normalized spacial score (nSPS) is 12.0. The van der Waals surface area contributed by atoms with Gasteiger partial charge in [0.05, 0.1) is 20.5 Å². The number of hydrogen-bond acceptors (Lipinski definition) is 5. The van der Waals surface area contributed by atoms with Gasteiger partial charge in [-0.25, -0.2) is 13.1 Å². The maximum atomic E-state index is 11.9. The van der Waals surface area contributed by atoms with E-state index in [0.29, 0.717) is 25.9 Å². The van der Waals surface area contributed by atoms with E-state index in [1.54, 1.807) is 0 Å². The summed E-state index contributed by atoms with van der Waals surface area (Å²) in [6, 6.07) is 16.2. The Hall–Kier alpha value is -2.11. The van der Waals surface area contributed by atoms with Crippen LogP contribution in [0.15, 0.2) is 48.5 Å². The molecular weight excluding hydrogens is 700 g/mol. The zero-order chi connectivity index (χ0) is 37.3. The van der Waals surface area contributed by atoms with Gasteiger partial charge in [-0.2, -0.15) is 0 Å². The summed E-state index contributed by atoms with van der Waals surface area (Å²) in [5.74, 6) is 0.109. The number of halogens is 1. The van der Waals surface area contributed by atoms with Crippen molar-refractivity contribution in [1.82, 2.24) is 4.72 Å². The van der Waals surface area contributed by atoms with Crippen molar-refractivity contribution < 1.29 is 18.0 Å². The minimum Gasteiger partial charge on any atom is -0.330 e. The molecular formula is C40H73ClN4O4S2. The van der Waals surface area contributed by atoms with Gasteiger partial charge in [-0.15, -0.1) is 0 Å². The molecule has 2 unspecified atom stereocenters. The van der Waals surface area contributed by atoms with Crippen LogP contribution in [0.4, 0.5) is 11.4 Å². The van der Waals surface area contributed by atoms with Gasteiger partial charge in [-0.1, -0.05) is 65.8 Å². The first-order valence-corrected chi connectivity index (χ1v) is 20.9. The van der Waals surface area contributed by atoms with E-state index in [9.17, 15) is 18.0 Å². The van der Waals surface area contributed by atoms with Gasteiger partial charge in [0.1, 0.15) is 10.0 Å². The summed E-state index contributed by atoms with van der Waals surface area (Å²) in [4.78, 5) is 23.5. The topological polar surface area (TPSA) is 130 Å². The molecule has 2 aromatic carbocycles. The number of benzene rings is 2. The summed E-state index contributed by atoms with van der Waals surface area (Å²) in [7, 11) is 2.98. The first kappa shape index (κ1) is 53.2. The lowest BCUT2D eigenvalue weighted by atomic mass is 10.1. The molecule has 2 rings (SSSR count). The standard InChI is InChI=1S/C19H32N2O2S.C15H24N2O.C4H9ClOS.2CH4/c1-5-6-9-16-11-13-17(14-12-16)21-18(22)10-7-8-15-20-24(23)19(2,3)4;1-2-3-6-13-8-10-14(11-9-13)17-15(18)7-4-5-12-16;1-4(2,3)7(5)6;;/h11-14,20H,5-10,15H2,1-4H3,(H,21,22);8-11H,2-7,12,16H2,1H3,(H,17,18);1-3H3;2*1H4. The van der Waals surface area contributed by atoms with Gasteiger partial charge in [-0.05, 0) is 146 Å². The fourth-order valence-electron chi connectivity index (χ4n) is 3.94. The van der Waals surface area contributed by atoms with E-state index in [-0.39, 0.29) is 36.2 Å². The second-order valence-corrected chi connectivity index (χ2v) is 18.6. The largest absolute Gasteiger partial charge is 0.330 e. The van der Waals surface area contributed by atoms with E-state index in [0.717, 1.165) is 49.9 Å². The highest BCUT2D eigenvalue weighted by molar-refractivity contribution is 8.09. The lowest BCUT2D eigenvalue weighted by molar-refractivity contribution is -0.117. The predicted octanol–water partition coefficient (Wildman–Crippen LogP) is 10.2. The van der Waals surface area contributed by atoms with Crippen LogP contribution >= 0.6 is 10.7 Å². The minimum atomic E-state index is -1.21. The first-order valence-electron chi connectivity index (χ1n) is 17.7. The van der Waals surface area contributed by atoms with Crippen molar-refractivity contribution in [3.05, 3.63) is 59.7 Å². The van der Waals surface area contributed by atoms with Gasteiger partial charge >= 0.3 is 0 Å². The molecule has 0 bridgehead atoms. The van der Waals surface area contributed by atoms with Crippen molar-refractivity contribution in [3.8, 4) is 0 Å². The predicted molar refractivity (Wildman–Crippen MR) is 227 cm³/mol. The Morgan fingerprint density at radius 1 is 0.647 bits per heavy atom. The molecule has 0 aromatic heterocycles. The molecule has 0 saturated heterocycles.